The second kappa shape index (κ2) is 15.2. The second-order valence-electron chi connectivity index (χ2n) is 11.5. The molecule has 0 radical (unpaired) electrons. The van der Waals surface area contributed by atoms with E-state index < -0.39 is 17.9 Å². The Morgan fingerprint density at radius 3 is 2.42 bits per heavy atom. The fourth-order valence-electron chi connectivity index (χ4n) is 4.76. The molecule has 0 aromatic heterocycles. The quantitative estimate of drug-likeness (QED) is 0.337. The zero-order valence-electron chi connectivity index (χ0n) is 24.0. The number of hydrogen-bond acceptors (Lipinski definition) is 7. The molecule has 1 aliphatic carbocycles. The van der Waals surface area contributed by atoms with Gasteiger partial charge in [0, 0.05) is 18.8 Å². The lowest BCUT2D eigenvalue weighted by molar-refractivity contribution is -0.137. The number of nitrogens with two attached hydrogens (primary N) is 1. The van der Waals surface area contributed by atoms with Crippen molar-refractivity contribution in [1.29, 1.82) is 5.26 Å². The normalized spacial score (nSPS) is 22.8. The van der Waals surface area contributed by atoms with E-state index in [0.717, 1.165) is 44.4 Å². The summed E-state index contributed by atoms with van der Waals surface area (Å²) in [4.78, 5) is 46.7. The summed E-state index contributed by atoms with van der Waals surface area (Å²) in [5.41, 5.74) is 1.87. The molecule has 216 valence electrons. The summed E-state index contributed by atoms with van der Waals surface area (Å²) in [6.45, 7) is 6.78. The van der Waals surface area contributed by atoms with E-state index in [4.69, 9.17) is 5.84 Å². The van der Waals surface area contributed by atoms with Crippen LogP contribution in [0.1, 0.15) is 71.3 Å². The van der Waals surface area contributed by atoms with E-state index in [2.05, 4.69) is 42.3 Å². The van der Waals surface area contributed by atoms with Crippen LogP contribution in [-0.4, -0.2) is 71.2 Å². The van der Waals surface area contributed by atoms with Crippen molar-refractivity contribution in [2.24, 2.45) is 27.8 Å². The zero-order chi connectivity index (χ0) is 29.1. The van der Waals surface area contributed by atoms with Crippen LogP contribution in [0.2, 0.25) is 0 Å². The fourth-order valence-corrected chi connectivity index (χ4v) is 4.76. The number of anilines is 1. The molecule has 3 N–H and O–H groups in total. The van der Waals surface area contributed by atoms with Crippen LogP contribution in [0.25, 0.3) is 0 Å². The van der Waals surface area contributed by atoms with Crippen LogP contribution < -0.4 is 11.2 Å². The van der Waals surface area contributed by atoms with Gasteiger partial charge in [-0.05, 0) is 68.6 Å². The van der Waals surface area contributed by atoms with E-state index in [0.29, 0.717) is 18.7 Å². The molecule has 1 aromatic carbocycles. The molecule has 4 aliphatic rings. The Morgan fingerprint density at radius 2 is 1.82 bits per heavy atom. The van der Waals surface area contributed by atoms with Gasteiger partial charge in [0.25, 0.3) is 5.91 Å². The lowest BCUT2D eigenvalue weighted by atomic mass is 9.94. The van der Waals surface area contributed by atoms with Crippen LogP contribution in [0, 0.1) is 23.2 Å². The summed E-state index contributed by atoms with van der Waals surface area (Å²) in [6.07, 6.45) is 8.12. The minimum Gasteiger partial charge on any atom is -0.328 e. The largest absolute Gasteiger partial charge is 0.328 e. The van der Waals surface area contributed by atoms with E-state index >= 15 is 0 Å². The monoisotopic (exact) mass is 549 g/mol. The van der Waals surface area contributed by atoms with Crippen molar-refractivity contribution in [3.8, 4) is 6.07 Å². The van der Waals surface area contributed by atoms with Crippen LogP contribution in [0.3, 0.4) is 0 Å². The molecule has 2 fully saturated rings. The van der Waals surface area contributed by atoms with E-state index in [1.54, 1.807) is 0 Å². The molecule has 10 heteroatoms. The first-order chi connectivity index (χ1) is 19.2. The SMILES string of the molecule is CC(C)C.N#CC1CC2CN1C(=O)CN(C(=O)/C(C=NC1CCC1)=N/N)CCCCCc1ccc(cc1)NC2=O. The number of carbonyl (C=O) groups is 3. The van der Waals surface area contributed by atoms with E-state index in [1.807, 2.05) is 24.3 Å². The number of hydrazone groups is 1. The van der Waals surface area contributed by atoms with Gasteiger partial charge in [0.1, 0.15) is 12.6 Å². The van der Waals surface area contributed by atoms with Crippen molar-refractivity contribution in [2.75, 3.05) is 25.0 Å². The van der Waals surface area contributed by atoms with Crippen molar-refractivity contribution in [3.05, 3.63) is 29.8 Å². The first-order valence-corrected chi connectivity index (χ1v) is 14.4. The van der Waals surface area contributed by atoms with Crippen molar-refractivity contribution in [1.82, 2.24) is 9.80 Å². The summed E-state index contributed by atoms with van der Waals surface area (Å²) in [5, 5.41) is 16.2. The maximum atomic E-state index is 13.3. The Bertz CT molecular complexity index is 1120. The van der Waals surface area contributed by atoms with Gasteiger partial charge in [0.2, 0.25) is 11.8 Å². The smallest absolute Gasteiger partial charge is 0.276 e. The van der Waals surface area contributed by atoms with E-state index in [-0.39, 0.29) is 43.1 Å². The third-order valence-electron chi connectivity index (χ3n) is 7.21. The van der Waals surface area contributed by atoms with Gasteiger partial charge in [-0.1, -0.05) is 39.3 Å². The van der Waals surface area contributed by atoms with Crippen LogP contribution in [0.4, 0.5) is 5.69 Å². The maximum Gasteiger partial charge on any atom is 0.276 e. The number of hydrogen-bond donors (Lipinski definition) is 2. The molecule has 3 aliphatic heterocycles. The highest BCUT2D eigenvalue weighted by Gasteiger charge is 2.39. The number of benzene rings is 1. The topological polar surface area (TPSA) is 144 Å². The lowest BCUT2D eigenvalue weighted by Crippen LogP contribution is -2.47. The van der Waals surface area contributed by atoms with Crippen LogP contribution >= 0.6 is 0 Å². The summed E-state index contributed by atoms with van der Waals surface area (Å²) in [5.74, 6) is 4.80. The van der Waals surface area contributed by atoms with Gasteiger partial charge >= 0.3 is 0 Å². The molecule has 0 spiro atoms. The molecule has 1 saturated carbocycles. The van der Waals surface area contributed by atoms with Gasteiger partial charge in [0.05, 0.1) is 24.2 Å². The minimum absolute atomic E-state index is 0.0101. The number of fused-ring (bicyclic) bond motifs is 10. The van der Waals surface area contributed by atoms with Crippen molar-refractivity contribution in [2.45, 2.75) is 84.2 Å². The van der Waals surface area contributed by atoms with E-state index in [1.165, 1.54) is 21.6 Å². The van der Waals surface area contributed by atoms with Crippen molar-refractivity contribution >= 4 is 35.3 Å². The maximum absolute atomic E-state index is 13.3. The molecule has 2 unspecified atom stereocenters. The molecule has 10 nitrogen and oxygen atoms in total. The van der Waals surface area contributed by atoms with Gasteiger partial charge in [-0.25, -0.2) is 0 Å². The highest BCUT2D eigenvalue weighted by Crippen LogP contribution is 2.25. The number of rotatable bonds is 3. The first-order valence-electron chi connectivity index (χ1n) is 14.4. The molecule has 5 rings (SSSR count). The number of nitriles is 1. The average Bonchev–Trinajstić information content (AvgIpc) is 3.34. The molecule has 3 amide bonds. The molecular weight excluding hydrogens is 506 g/mol. The number of carbonyl (C=O) groups excluding carboxylic acids is 3. The Labute approximate surface area is 237 Å². The van der Waals surface area contributed by atoms with Gasteiger partial charge in [0.15, 0.2) is 5.71 Å². The number of aryl methyl sites for hydroxylation is 1. The van der Waals surface area contributed by atoms with Crippen molar-refractivity contribution < 1.29 is 14.4 Å². The highest BCUT2D eigenvalue weighted by atomic mass is 16.2. The molecule has 1 saturated heterocycles. The van der Waals surface area contributed by atoms with Gasteiger partial charge in [-0.2, -0.15) is 10.4 Å². The number of nitrogens with one attached hydrogen (secondary N) is 1. The van der Waals surface area contributed by atoms with Gasteiger partial charge < -0.3 is 21.0 Å². The predicted molar refractivity (Wildman–Crippen MR) is 157 cm³/mol. The number of amides is 3. The lowest BCUT2D eigenvalue weighted by Gasteiger charge is -2.26. The molecular formula is C30H43N7O3. The summed E-state index contributed by atoms with van der Waals surface area (Å²) in [7, 11) is 0. The second-order valence-corrected chi connectivity index (χ2v) is 11.5. The van der Waals surface area contributed by atoms with Crippen LogP contribution in [0.5, 0.6) is 0 Å². The zero-order valence-corrected chi connectivity index (χ0v) is 24.0. The van der Waals surface area contributed by atoms with Gasteiger partial charge in [-0.3, -0.25) is 19.4 Å². The Balaban J connectivity index is 0.00000103. The molecule has 40 heavy (non-hydrogen) atoms. The highest BCUT2D eigenvalue weighted by molar-refractivity contribution is 6.60. The average molecular weight is 550 g/mol. The predicted octanol–water partition coefficient (Wildman–Crippen LogP) is 3.52. The summed E-state index contributed by atoms with van der Waals surface area (Å²) >= 11 is 0. The van der Waals surface area contributed by atoms with Crippen LogP contribution in [0.15, 0.2) is 34.4 Å². The summed E-state index contributed by atoms with van der Waals surface area (Å²) in [6, 6.07) is 9.35. The Kier molecular flexibility index (Phi) is 11.7. The molecule has 3 heterocycles. The fraction of sp³-hybridized carbons (Fsp3) is 0.600. The summed E-state index contributed by atoms with van der Waals surface area (Å²) < 4.78 is 0. The van der Waals surface area contributed by atoms with Crippen molar-refractivity contribution in [3.63, 3.8) is 0 Å². The third-order valence-corrected chi connectivity index (χ3v) is 7.21. The third kappa shape index (κ3) is 8.90. The standard InChI is InChI=1S/C26H33N7O3.C4H10/c27-14-22-13-19-16-33(22)24(34)17-32(26(36)23(31-28)15-29-20-6-4-7-20)12-3-1-2-5-18-8-10-21(11-9-18)30-25(19)35;1-4(2)3/h8-11,15,19-20,22H,1-7,12-13,16-17,28H2,(H,30,35);4H,1-3H3/b29-15?,31-23+;. The van der Waals surface area contributed by atoms with E-state index in [9.17, 15) is 19.6 Å². The number of nitrogens with zero attached hydrogens (tertiary/aromatic N) is 5. The van der Waals surface area contributed by atoms with Gasteiger partial charge in [-0.15, -0.1) is 0 Å². The first kappa shape index (κ1) is 30.8. The minimum atomic E-state index is -0.728. The molecule has 4 bridgehead atoms. The Morgan fingerprint density at radius 1 is 1.12 bits per heavy atom. The molecule has 1 aromatic rings. The molecule has 2 atom stereocenters. The Hall–Kier alpha value is -3.74. The van der Waals surface area contributed by atoms with Crippen LogP contribution in [-0.2, 0) is 20.8 Å². The number of aliphatic imine (C=N–C) groups is 1.